The van der Waals surface area contributed by atoms with Crippen LogP contribution in [0.15, 0.2) is 12.4 Å². The molecule has 0 spiro atoms. The fourth-order valence-electron chi connectivity index (χ4n) is 1.77. The highest BCUT2D eigenvalue weighted by Gasteiger charge is 2.14. The minimum Gasteiger partial charge on any atom is -0.376 e. The molecule has 1 aromatic rings. The first-order chi connectivity index (χ1) is 8.38. The van der Waals surface area contributed by atoms with Crippen LogP contribution in [-0.2, 0) is 4.74 Å². The Morgan fingerprint density at radius 1 is 1.35 bits per heavy atom. The van der Waals surface area contributed by atoms with Crippen molar-refractivity contribution in [3.8, 4) is 0 Å². The number of nitrogens with two attached hydrogens (primary N) is 1. The van der Waals surface area contributed by atoms with Crippen molar-refractivity contribution in [1.82, 2.24) is 9.97 Å². The topological polar surface area (TPSA) is 85.1 Å². The summed E-state index contributed by atoms with van der Waals surface area (Å²) in [5.74, 6) is 1.61. The van der Waals surface area contributed by atoms with Crippen molar-refractivity contribution in [2.75, 3.05) is 36.9 Å². The fourth-order valence-corrected chi connectivity index (χ4v) is 1.77. The second kappa shape index (κ2) is 6.36. The van der Waals surface area contributed by atoms with Crippen LogP contribution in [0.4, 0.5) is 11.6 Å². The molecule has 1 fully saturated rings. The van der Waals surface area contributed by atoms with Crippen molar-refractivity contribution in [3.05, 3.63) is 12.4 Å². The van der Waals surface area contributed by atoms with Gasteiger partial charge >= 0.3 is 0 Å². The highest BCUT2D eigenvalue weighted by atomic mass is 16.5. The summed E-state index contributed by atoms with van der Waals surface area (Å²) in [5.41, 5.74) is 5.42. The molecule has 0 bridgehead atoms. The quantitative estimate of drug-likeness (QED) is 0.665. The first kappa shape index (κ1) is 12.1. The van der Waals surface area contributed by atoms with Crippen molar-refractivity contribution in [2.24, 2.45) is 5.73 Å². The maximum Gasteiger partial charge on any atom is 0.131 e. The van der Waals surface area contributed by atoms with E-state index in [0.29, 0.717) is 19.2 Å². The van der Waals surface area contributed by atoms with Gasteiger partial charge in [-0.1, -0.05) is 0 Å². The summed E-state index contributed by atoms with van der Waals surface area (Å²) in [5, 5.41) is 6.37. The minimum absolute atomic E-state index is 0.311. The summed E-state index contributed by atoms with van der Waals surface area (Å²) in [7, 11) is 0. The smallest absolute Gasteiger partial charge is 0.131 e. The molecule has 2 heterocycles. The lowest BCUT2D eigenvalue weighted by Gasteiger charge is -2.11. The summed E-state index contributed by atoms with van der Waals surface area (Å²) in [6.07, 6.45) is 4.12. The van der Waals surface area contributed by atoms with Crippen LogP contribution in [0.5, 0.6) is 0 Å². The zero-order chi connectivity index (χ0) is 11.9. The van der Waals surface area contributed by atoms with Gasteiger partial charge in [0.15, 0.2) is 0 Å². The molecule has 0 amide bonds. The predicted octanol–water partition coefficient (Wildman–Crippen LogP) is 0.438. The monoisotopic (exact) mass is 237 g/mol. The van der Waals surface area contributed by atoms with Gasteiger partial charge in [0.1, 0.15) is 18.0 Å². The molecule has 17 heavy (non-hydrogen) atoms. The van der Waals surface area contributed by atoms with Crippen LogP contribution in [0, 0.1) is 0 Å². The number of hydrogen-bond donors (Lipinski definition) is 3. The van der Waals surface area contributed by atoms with E-state index in [4.69, 9.17) is 10.5 Å². The van der Waals surface area contributed by atoms with E-state index in [9.17, 15) is 0 Å². The van der Waals surface area contributed by atoms with E-state index in [2.05, 4.69) is 20.6 Å². The normalized spacial score (nSPS) is 19.2. The van der Waals surface area contributed by atoms with Gasteiger partial charge in [0, 0.05) is 32.3 Å². The molecule has 0 aromatic carbocycles. The summed E-state index contributed by atoms with van der Waals surface area (Å²) in [6, 6.07) is 1.88. The van der Waals surface area contributed by atoms with E-state index in [-0.39, 0.29) is 0 Å². The lowest BCUT2D eigenvalue weighted by Crippen LogP contribution is -2.19. The molecule has 1 atom stereocenters. The molecule has 0 radical (unpaired) electrons. The third-order valence-electron chi connectivity index (χ3n) is 2.65. The fraction of sp³-hybridized carbons (Fsp3) is 0.636. The Bertz CT molecular complexity index is 340. The Balaban J connectivity index is 1.82. The molecule has 1 saturated heterocycles. The summed E-state index contributed by atoms with van der Waals surface area (Å²) >= 11 is 0. The first-order valence-corrected chi connectivity index (χ1v) is 6.00. The third kappa shape index (κ3) is 3.83. The van der Waals surface area contributed by atoms with Gasteiger partial charge in [0.25, 0.3) is 0 Å². The molecule has 4 N–H and O–H groups in total. The van der Waals surface area contributed by atoms with Crippen LogP contribution in [0.1, 0.15) is 12.8 Å². The summed E-state index contributed by atoms with van der Waals surface area (Å²) in [4.78, 5) is 8.27. The molecule has 0 aliphatic carbocycles. The van der Waals surface area contributed by atoms with Gasteiger partial charge in [-0.3, -0.25) is 0 Å². The third-order valence-corrected chi connectivity index (χ3v) is 2.65. The average Bonchev–Trinajstić information content (AvgIpc) is 2.87. The van der Waals surface area contributed by atoms with Crippen LogP contribution in [0.2, 0.25) is 0 Å². The maximum absolute atomic E-state index is 5.53. The molecule has 94 valence electrons. The molecule has 1 aliphatic rings. The number of ether oxygens (including phenoxy) is 1. The van der Waals surface area contributed by atoms with Gasteiger partial charge in [-0.2, -0.15) is 0 Å². The molecule has 6 nitrogen and oxygen atoms in total. The van der Waals surface area contributed by atoms with Gasteiger partial charge in [-0.05, 0) is 12.8 Å². The van der Waals surface area contributed by atoms with E-state index in [1.165, 1.54) is 6.33 Å². The predicted molar refractivity (Wildman–Crippen MR) is 67.0 cm³/mol. The highest BCUT2D eigenvalue weighted by molar-refractivity contribution is 5.46. The van der Waals surface area contributed by atoms with E-state index in [1.54, 1.807) is 0 Å². The Morgan fingerprint density at radius 2 is 2.18 bits per heavy atom. The van der Waals surface area contributed by atoms with Crippen molar-refractivity contribution >= 4 is 11.6 Å². The van der Waals surface area contributed by atoms with Crippen LogP contribution in [0.3, 0.4) is 0 Å². The number of nitrogens with one attached hydrogen (secondary N) is 2. The molecule has 1 aromatic heterocycles. The van der Waals surface area contributed by atoms with Crippen molar-refractivity contribution in [3.63, 3.8) is 0 Å². The van der Waals surface area contributed by atoms with E-state index >= 15 is 0 Å². The van der Waals surface area contributed by atoms with Crippen molar-refractivity contribution in [1.29, 1.82) is 0 Å². The molecule has 2 rings (SSSR count). The maximum atomic E-state index is 5.53. The van der Waals surface area contributed by atoms with Gasteiger partial charge in [0.05, 0.1) is 6.10 Å². The summed E-state index contributed by atoms with van der Waals surface area (Å²) in [6.45, 7) is 2.97. The Hall–Kier alpha value is -1.40. The number of aromatic nitrogens is 2. The molecule has 0 saturated carbocycles. The minimum atomic E-state index is 0.311. The highest BCUT2D eigenvalue weighted by Crippen LogP contribution is 2.13. The SMILES string of the molecule is NCCNc1cc(NCC2CCCO2)ncn1. The van der Waals surface area contributed by atoms with Gasteiger partial charge in [0.2, 0.25) is 0 Å². The summed E-state index contributed by atoms with van der Waals surface area (Å²) < 4.78 is 5.53. The van der Waals surface area contributed by atoms with Gasteiger partial charge in [-0.25, -0.2) is 9.97 Å². The van der Waals surface area contributed by atoms with E-state index in [1.807, 2.05) is 6.07 Å². The standard InChI is InChI=1S/C11H19N5O/c12-3-4-13-10-6-11(16-8-15-10)14-7-9-2-1-5-17-9/h6,8-9H,1-5,7,12H2,(H2,13,14,15,16). The Kier molecular flexibility index (Phi) is 4.52. The molecule has 6 heteroatoms. The van der Waals surface area contributed by atoms with Crippen LogP contribution < -0.4 is 16.4 Å². The largest absolute Gasteiger partial charge is 0.376 e. The van der Waals surface area contributed by atoms with E-state index in [0.717, 1.165) is 37.6 Å². The van der Waals surface area contributed by atoms with Crippen LogP contribution in [0.25, 0.3) is 0 Å². The number of anilines is 2. The molecule has 1 unspecified atom stereocenters. The molecule has 1 aliphatic heterocycles. The van der Waals surface area contributed by atoms with Gasteiger partial charge < -0.3 is 21.1 Å². The lowest BCUT2D eigenvalue weighted by atomic mass is 10.2. The Labute approximate surface area is 101 Å². The van der Waals surface area contributed by atoms with Crippen LogP contribution >= 0.6 is 0 Å². The Morgan fingerprint density at radius 3 is 2.88 bits per heavy atom. The zero-order valence-corrected chi connectivity index (χ0v) is 9.85. The van der Waals surface area contributed by atoms with E-state index < -0.39 is 0 Å². The number of hydrogen-bond acceptors (Lipinski definition) is 6. The zero-order valence-electron chi connectivity index (χ0n) is 9.85. The second-order valence-electron chi connectivity index (χ2n) is 4.02. The lowest BCUT2D eigenvalue weighted by molar-refractivity contribution is 0.120. The first-order valence-electron chi connectivity index (χ1n) is 6.00. The second-order valence-corrected chi connectivity index (χ2v) is 4.02. The average molecular weight is 237 g/mol. The number of nitrogens with zero attached hydrogens (tertiary/aromatic N) is 2. The number of rotatable bonds is 6. The van der Waals surface area contributed by atoms with Gasteiger partial charge in [-0.15, -0.1) is 0 Å². The van der Waals surface area contributed by atoms with Crippen molar-refractivity contribution < 1.29 is 4.74 Å². The molecular weight excluding hydrogens is 218 g/mol. The molecular formula is C11H19N5O. The van der Waals surface area contributed by atoms with Crippen LogP contribution in [-0.4, -0.2) is 42.3 Å². The van der Waals surface area contributed by atoms with Crippen molar-refractivity contribution in [2.45, 2.75) is 18.9 Å².